The molecule has 7 rings (SSSR count). The highest BCUT2D eigenvalue weighted by molar-refractivity contribution is 6.30. The third kappa shape index (κ3) is 5.40. The van der Waals surface area contributed by atoms with Gasteiger partial charge in [-0.25, -0.2) is 4.98 Å². The summed E-state index contributed by atoms with van der Waals surface area (Å²) in [5, 5.41) is 4.16. The smallest absolute Gasteiger partial charge is 0.213 e. The van der Waals surface area contributed by atoms with Crippen LogP contribution >= 0.6 is 11.6 Å². The predicted octanol–water partition coefficient (Wildman–Crippen LogP) is 7.66. The number of piperazine rings is 1. The van der Waals surface area contributed by atoms with Gasteiger partial charge in [0.15, 0.2) is 5.76 Å². The van der Waals surface area contributed by atoms with E-state index in [-0.39, 0.29) is 0 Å². The highest BCUT2D eigenvalue weighted by atomic mass is 35.5. The summed E-state index contributed by atoms with van der Waals surface area (Å²) in [6.45, 7) is 9.22. The second-order valence-corrected chi connectivity index (χ2v) is 11.4. The summed E-state index contributed by atoms with van der Waals surface area (Å²) < 4.78 is 12.0. The standard InChI is InChI=1S/C36H33ClN4O2/c1-24-36-29(21-34(43-36)25-7-9-30(37)10-8-25)19-28-20-31(40-17-15-38-16-18-40)11-12-33(28)41(24)23-27-5-3-4-6-32(27)26-13-14-39-35(22-26)42-2/h3-14,20-22,38H,1,15-19,23H2,2H3. The van der Waals surface area contributed by atoms with E-state index in [0.29, 0.717) is 17.4 Å². The van der Waals surface area contributed by atoms with Crippen LogP contribution in [0.2, 0.25) is 5.02 Å². The van der Waals surface area contributed by atoms with Crippen molar-refractivity contribution in [2.24, 2.45) is 0 Å². The second kappa shape index (κ2) is 11.6. The molecule has 2 aromatic heterocycles. The lowest BCUT2D eigenvalue weighted by atomic mass is 9.99. The van der Waals surface area contributed by atoms with Crippen molar-refractivity contribution in [3.05, 3.63) is 125 Å². The largest absolute Gasteiger partial charge is 0.481 e. The summed E-state index contributed by atoms with van der Waals surface area (Å²) in [5.74, 6) is 2.22. The number of fused-ring (bicyclic) bond motifs is 2. The molecule has 6 nitrogen and oxygen atoms in total. The lowest BCUT2D eigenvalue weighted by Crippen LogP contribution is -2.43. The first-order chi connectivity index (χ1) is 21.1. The van der Waals surface area contributed by atoms with Crippen molar-refractivity contribution >= 4 is 28.7 Å². The van der Waals surface area contributed by atoms with Crippen molar-refractivity contribution in [3.63, 3.8) is 0 Å². The molecule has 1 saturated heterocycles. The molecule has 0 atom stereocenters. The molecule has 5 aromatic rings. The van der Waals surface area contributed by atoms with E-state index in [1.807, 2.05) is 36.4 Å². The molecule has 1 fully saturated rings. The molecule has 0 amide bonds. The number of hydrogen-bond donors (Lipinski definition) is 1. The molecule has 0 aliphatic carbocycles. The van der Waals surface area contributed by atoms with Crippen LogP contribution in [-0.2, 0) is 13.0 Å². The van der Waals surface area contributed by atoms with Gasteiger partial charge in [0.1, 0.15) is 5.76 Å². The minimum absolute atomic E-state index is 0.590. The zero-order chi connectivity index (χ0) is 29.3. The van der Waals surface area contributed by atoms with Crippen LogP contribution in [0.3, 0.4) is 0 Å². The van der Waals surface area contributed by atoms with Crippen molar-refractivity contribution in [2.45, 2.75) is 13.0 Å². The van der Waals surface area contributed by atoms with Gasteiger partial charge in [0.25, 0.3) is 0 Å². The number of pyridine rings is 1. The van der Waals surface area contributed by atoms with Crippen LogP contribution < -0.4 is 19.9 Å². The first-order valence-corrected chi connectivity index (χ1v) is 15.0. The van der Waals surface area contributed by atoms with E-state index >= 15 is 0 Å². The molecule has 7 heteroatoms. The number of furan rings is 1. The predicted molar refractivity (Wildman–Crippen MR) is 175 cm³/mol. The van der Waals surface area contributed by atoms with E-state index in [9.17, 15) is 0 Å². The van der Waals surface area contributed by atoms with Crippen LogP contribution in [-0.4, -0.2) is 38.3 Å². The Balaban J connectivity index is 1.33. The van der Waals surface area contributed by atoms with Crippen LogP contribution in [0.5, 0.6) is 5.88 Å². The fourth-order valence-corrected chi connectivity index (χ4v) is 6.24. The number of ether oxygens (including phenoxy) is 1. The normalized spacial score (nSPS) is 14.7. The van der Waals surface area contributed by atoms with Gasteiger partial charge >= 0.3 is 0 Å². The highest BCUT2D eigenvalue weighted by Crippen LogP contribution is 2.42. The van der Waals surface area contributed by atoms with Crippen molar-refractivity contribution in [2.75, 3.05) is 43.1 Å². The number of anilines is 2. The van der Waals surface area contributed by atoms with Crippen LogP contribution in [0.4, 0.5) is 11.4 Å². The van der Waals surface area contributed by atoms with Gasteiger partial charge in [0.05, 0.1) is 12.8 Å². The first kappa shape index (κ1) is 27.3. The molecular formula is C36H33ClN4O2. The van der Waals surface area contributed by atoms with Crippen LogP contribution in [0, 0.1) is 0 Å². The molecule has 0 spiro atoms. The van der Waals surface area contributed by atoms with E-state index in [1.54, 1.807) is 13.3 Å². The fourth-order valence-electron chi connectivity index (χ4n) is 6.11. The summed E-state index contributed by atoms with van der Waals surface area (Å²) in [4.78, 5) is 9.07. The Labute approximate surface area is 257 Å². The molecule has 43 heavy (non-hydrogen) atoms. The van der Waals surface area contributed by atoms with Gasteiger partial charge in [-0.15, -0.1) is 0 Å². The van der Waals surface area contributed by atoms with Crippen molar-refractivity contribution in [1.29, 1.82) is 0 Å². The molecule has 2 aliphatic heterocycles. The molecule has 0 radical (unpaired) electrons. The average molecular weight is 589 g/mol. The fraction of sp³-hybridized carbons (Fsp3) is 0.194. The number of methoxy groups -OCH3 is 1. The molecule has 1 N–H and O–H groups in total. The maximum Gasteiger partial charge on any atom is 0.213 e. The Kier molecular flexibility index (Phi) is 7.39. The summed E-state index contributed by atoms with van der Waals surface area (Å²) in [7, 11) is 1.64. The van der Waals surface area contributed by atoms with Crippen molar-refractivity contribution in [1.82, 2.24) is 10.3 Å². The molecular weight excluding hydrogens is 556 g/mol. The topological polar surface area (TPSA) is 53.8 Å². The number of aromatic nitrogens is 1. The van der Waals surface area contributed by atoms with Gasteiger partial charge in [0, 0.05) is 78.9 Å². The Bertz CT molecular complexity index is 1790. The van der Waals surface area contributed by atoms with E-state index in [4.69, 9.17) is 20.8 Å². The maximum absolute atomic E-state index is 6.59. The molecule has 0 bridgehead atoms. The lowest BCUT2D eigenvalue weighted by Gasteiger charge is -2.31. The third-order valence-electron chi connectivity index (χ3n) is 8.34. The van der Waals surface area contributed by atoms with E-state index in [2.05, 4.69) is 75.2 Å². The summed E-state index contributed by atoms with van der Waals surface area (Å²) in [5.41, 5.74) is 9.95. The van der Waals surface area contributed by atoms with Crippen LogP contribution in [0.15, 0.2) is 102 Å². The number of benzene rings is 3. The van der Waals surface area contributed by atoms with E-state index in [1.165, 1.54) is 16.8 Å². The zero-order valence-corrected chi connectivity index (χ0v) is 24.9. The van der Waals surface area contributed by atoms with Gasteiger partial charge < -0.3 is 24.3 Å². The molecule has 216 valence electrons. The van der Waals surface area contributed by atoms with Crippen molar-refractivity contribution < 1.29 is 9.15 Å². The molecule has 0 unspecified atom stereocenters. The van der Waals surface area contributed by atoms with Crippen molar-refractivity contribution in [3.8, 4) is 28.3 Å². The molecule has 2 aliphatic rings. The minimum atomic E-state index is 0.590. The third-order valence-corrected chi connectivity index (χ3v) is 8.60. The summed E-state index contributed by atoms with van der Waals surface area (Å²) >= 11 is 6.18. The Morgan fingerprint density at radius 3 is 2.56 bits per heavy atom. The Morgan fingerprint density at radius 2 is 1.74 bits per heavy atom. The summed E-state index contributed by atoms with van der Waals surface area (Å²) in [6.07, 6.45) is 2.54. The summed E-state index contributed by atoms with van der Waals surface area (Å²) in [6, 6.07) is 29.3. The molecule has 0 saturated carbocycles. The SMILES string of the molecule is C=C1c2oc(-c3ccc(Cl)cc3)cc2Cc2cc(N3CCNCC3)ccc2N1Cc1ccccc1-c1ccnc(OC)c1. The number of nitrogens with one attached hydrogen (secondary N) is 1. The Morgan fingerprint density at radius 1 is 0.930 bits per heavy atom. The zero-order valence-electron chi connectivity index (χ0n) is 24.1. The highest BCUT2D eigenvalue weighted by Gasteiger charge is 2.28. The minimum Gasteiger partial charge on any atom is -0.481 e. The van der Waals surface area contributed by atoms with Gasteiger partial charge in [-0.05, 0) is 76.9 Å². The van der Waals surface area contributed by atoms with Gasteiger partial charge in [-0.1, -0.05) is 42.4 Å². The van der Waals surface area contributed by atoms with Crippen LogP contribution in [0.25, 0.3) is 28.1 Å². The van der Waals surface area contributed by atoms with E-state index < -0.39 is 0 Å². The average Bonchev–Trinajstić information content (AvgIpc) is 3.44. The van der Waals surface area contributed by atoms with Crippen LogP contribution in [0.1, 0.15) is 22.5 Å². The number of halogens is 1. The number of rotatable bonds is 6. The number of hydrogen-bond acceptors (Lipinski definition) is 6. The molecule has 4 heterocycles. The second-order valence-electron chi connectivity index (χ2n) is 11.0. The monoisotopic (exact) mass is 588 g/mol. The number of nitrogens with zero attached hydrogens (tertiary/aromatic N) is 3. The van der Waals surface area contributed by atoms with Gasteiger partial charge in [0.2, 0.25) is 5.88 Å². The lowest BCUT2D eigenvalue weighted by molar-refractivity contribution is 0.398. The van der Waals surface area contributed by atoms with E-state index in [0.717, 1.165) is 77.8 Å². The van der Waals surface area contributed by atoms with Gasteiger partial charge in [-0.2, -0.15) is 0 Å². The quantitative estimate of drug-likeness (QED) is 0.220. The maximum atomic E-state index is 6.59. The van der Waals surface area contributed by atoms with Gasteiger partial charge in [-0.3, -0.25) is 0 Å². The Hall–Kier alpha value is -4.52. The molecule has 3 aromatic carbocycles. The first-order valence-electron chi connectivity index (χ1n) is 14.6.